The summed E-state index contributed by atoms with van der Waals surface area (Å²) in [5, 5.41) is 0. The first-order valence-electron chi connectivity index (χ1n) is 9.11. The summed E-state index contributed by atoms with van der Waals surface area (Å²) in [5.41, 5.74) is 0.142. The van der Waals surface area contributed by atoms with Crippen LogP contribution in [0.25, 0.3) is 0 Å². The van der Waals surface area contributed by atoms with Crippen molar-refractivity contribution in [3.63, 3.8) is 0 Å². The Hall–Kier alpha value is -2.13. The van der Waals surface area contributed by atoms with Crippen molar-refractivity contribution in [1.82, 2.24) is 4.90 Å². The van der Waals surface area contributed by atoms with Crippen LogP contribution in [0.15, 0.2) is 29.2 Å². The fourth-order valence-electron chi connectivity index (χ4n) is 2.82. The molecule has 2 rings (SSSR count). The molecule has 156 valence electrons. The van der Waals surface area contributed by atoms with Crippen molar-refractivity contribution < 1.29 is 31.7 Å². The number of nitrogens with zero attached hydrogens (tertiary/aromatic N) is 1. The normalized spacial score (nSPS) is 20.1. The van der Waals surface area contributed by atoms with Crippen molar-refractivity contribution in [3.05, 3.63) is 29.8 Å². The molecule has 28 heavy (non-hydrogen) atoms. The Labute approximate surface area is 165 Å². The lowest BCUT2D eigenvalue weighted by Crippen LogP contribution is -2.48. The molecule has 1 fully saturated rings. The molecule has 1 aromatic rings. The second-order valence-electron chi connectivity index (χ2n) is 7.56. The zero-order chi connectivity index (χ0) is 21.1. The van der Waals surface area contributed by atoms with Gasteiger partial charge in [0, 0.05) is 6.54 Å². The van der Waals surface area contributed by atoms with Crippen molar-refractivity contribution in [2.45, 2.75) is 63.7 Å². The van der Waals surface area contributed by atoms with Crippen LogP contribution in [0, 0.1) is 6.92 Å². The Balaban J connectivity index is 2.25. The lowest BCUT2D eigenvalue weighted by Gasteiger charge is -2.29. The van der Waals surface area contributed by atoms with Crippen molar-refractivity contribution >= 4 is 22.2 Å². The fraction of sp³-hybridized carbons (Fsp3) is 0.579. The second-order valence-corrected chi connectivity index (χ2v) is 9.13. The maximum atomic E-state index is 12.6. The Bertz CT molecular complexity index is 812. The number of carbonyl (C=O) groups excluding carboxylic acids is 2. The summed E-state index contributed by atoms with van der Waals surface area (Å²) in [6, 6.07) is 4.98. The SMILES string of the molecule is CCOC(=O)C1C(OS(=O)(=O)c2ccc(C)cc2)CCN1C(=O)OC(C)(C)C. The van der Waals surface area contributed by atoms with E-state index in [9.17, 15) is 18.0 Å². The number of benzene rings is 1. The molecular weight excluding hydrogens is 386 g/mol. The van der Waals surface area contributed by atoms with Gasteiger partial charge in [0.1, 0.15) is 11.7 Å². The van der Waals surface area contributed by atoms with E-state index >= 15 is 0 Å². The molecule has 1 amide bonds. The smallest absolute Gasteiger partial charge is 0.411 e. The number of carbonyl (C=O) groups is 2. The van der Waals surface area contributed by atoms with Gasteiger partial charge in [0.05, 0.1) is 11.5 Å². The number of aryl methyl sites for hydroxylation is 1. The molecule has 8 nitrogen and oxygen atoms in total. The molecule has 2 atom stereocenters. The van der Waals surface area contributed by atoms with Crippen LogP contribution >= 0.6 is 0 Å². The Morgan fingerprint density at radius 3 is 2.32 bits per heavy atom. The van der Waals surface area contributed by atoms with Gasteiger partial charge in [-0.25, -0.2) is 9.59 Å². The predicted molar refractivity (Wildman–Crippen MR) is 101 cm³/mol. The van der Waals surface area contributed by atoms with Crippen LogP contribution in [-0.4, -0.2) is 56.3 Å². The van der Waals surface area contributed by atoms with E-state index in [1.54, 1.807) is 39.8 Å². The van der Waals surface area contributed by atoms with E-state index in [1.165, 1.54) is 17.0 Å². The van der Waals surface area contributed by atoms with E-state index in [-0.39, 0.29) is 24.5 Å². The number of hydrogen-bond acceptors (Lipinski definition) is 7. The molecule has 0 N–H and O–H groups in total. The summed E-state index contributed by atoms with van der Waals surface area (Å²) in [5.74, 6) is -0.727. The van der Waals surface area contributed by atoms with Crippen LogP contribution in [0.3, 0.4) is 0 Å². The van der Waals surface area contributed by atoms with Crippen LogP contribution in [-0.2, 0) is 28.6 Å². The quantitative estimate of drug-likeness (QED) is 0.540. The summed E-state index contributed by atoms with van der Waals surface area (Å²) in [6.07, 6.45) is -1.62. The highest BCUT2D eigenvalue weighted by atomic mass is 32.2. The van der Waals surface area contributed by atoms with Gasteiger partial charge in [-0.2, -0.15) is 8.42 Å². The first kappa shape index (κ1) is 22.2. The minimum absolute atomic E-state index is 0.0172. The minimum Gasteiger partial charge on any atom is -0.464 e. The molecule has 1 aliphatic heterocycles. The average molecular weight is 413 g/mol. The van der Waals surface area contributed by atoms with E-state index in [0.29, 0.717) is 0 Å². The summed E-state index contributed by atoms with van der Waals surface area (Å²) in [6.45, 7) is 8.79. The lowest BCUT2D eigenvalue weighted by molar-refractivity contribution is -0.150. The molecule has 0 aliphatic carbocycles. The van der Waals surface area contributed by atoms with Gasteiger partial charge in [-0.1, -0.05) is 17.7 Å². The van der Waals surface area contributed by atoms with Crippen LogP contribution in [0.2, 0.25) is 0 Å². The number of ether oxygens (including phenoxy) is 2. The van der Waals surface area contributed by atoms with E-state index in [2.05, 4.69) is 0 Å². The maximum Gasteiger partial charge on any atom is 0.411 e. The zero-order valence-corrected chi connectivity index (χ0v) is 17.6. The second kappa shape index (κ2) is 8.48. The Morgan fingerprint density at radius 2 is 1.79 bits per heavy atom. The molecule has 1 heterocycles. The standard InChI is InChI=1S/C19H27NO7S/c1-6-25-17(21)16-15(11-12-20(16)18(22)26-19(3,4)5)27-28(23,24)14-9-7-13(2)8-10-14/h7-10,15-16H,6,11-12H2,1-5H3. The molecule has 0 bridgehead atoms. The third-order valence-electron chi connectivity index (χ3n) is 4.06. The van der Waals surface area contributed by atoms with Gasteiger partial charge in [0.15, 0.2) is 6.04 Å². The Morgan fingerprint density at radius 1 is 1.18 bits per heavy atom. The Kier molecular flexibility index (Phi) is 6.71. The van der Waals surface area contributed by atoms with Crippen LogP contribution in [0.5, 0.6) is 0 Å². The number of hydrogen-bond donors (Lipinski definition) is 0. The molecule has 1 aliphatic rings. The third kappa shape index (κ3) is 5.45. The van der Waals surface area contributed by atoms with Gasteiger partial charge in [0.25, 0.3) is 10.1 Å². The first-order valence-corrected chi connectivity index (χ1v) is 10.5. The molecule has 9 heteroatoms. The number of esters is 1. The van der Waals surface area contributed by atoms with E-state index < -0.39 is 39.9 Å². The number of rotatable bonds is 5. The van der Waals surface area contributed by atoms with Crippen molar-refractivity contribution in [1.29, 1.82) is 0 Å². The average Bonchev–Trinajstić information content (AvgIpc) is 2.97. The predicted octanol–water partition coefficient (Wildman–Crippen LogP) is 2.64. The van der Waals surface area contributed by atoms with E-state index in [1.807, 2.05) is 6.92 Å². The number of amides is 1. The number of likely N-dealkylation sites (tertiary alicyclic amines) is 1. The molecule has 2 unspecified atom stereocenters. The van der Waals surface area contributed by atoms with Gasteiger partial charge >= 0.3 is 12.1 Å². The molecule has 0 spiro atoms. The summed E-state index contributed by atoms with van der Waals surface area (Å²) in [7, 11) is -4.11. The van der Waals surface area contributed by atoms with Gasteiger partial charge in [-0.15, -0.1) is 0 Å². The molecule has 0 aromatic heterocycles. The zero-order valence-electron chi connectivity index (χ0n) is 16.8. The lowest BCUT2D eigenvalue weighted by atomic mass is 10.2. The molecule has 0 saturated carbocycles. The summed E-state index contributed by atoms with van der Waals surface area (Å²) >= 11 is 0. The van der Waals surface area contributed by atoms with Gasteiger partial charge in [0.2, 0.25) is 0 Å². The molecule has 1 aromatic carbocycles. The summed E-state index contributed by atoms with van der Waals surface area (Å²) < 4.78 is 41.0. The van der Waals surface area contributed by atoms with E-state index in [4.69, 9.17) is 13.7 Å². The molecule has 1 saturated heterocycles. The summed E-state index contributed by atoms with van der Waals surface area (Å²) in [4.78, 5) is 26.1. The van der Waals surface area contributed by atoms with Gasteiger partial charge < -0.3 is 9.47 Å². The van der Waals surface area contributed by atoms with E-state index in [0.717, 1.165) is 5.56 Å². The third-order valence-corrected chi connectivity index (χ3v) is 5.41. The van der Waals surface area contributed by atoms with Crippen LogP contribution in [0.4, 0.5) is 4.79 Å². The van der Waals surface area contributed by atoms with Gasteiger partial charge in [-0.3, -0.25) is 9.08 Å². The van der Waals surface area contributed by atoms with Crippen molar-refractivity contribution in [2.24, 2.45) is 0 Å². The first-order chi connectivity index (χ1) is 12.9. The highest BCUT2D eigenvalue weighted by Crippen LogP contribution is 2.28. The minimum atomic E-state index is -4.11. The van der Waals surface area contributed by atoms with Gasteiger partial charge in [-0.05, 0) is 53.2 Å². The van der Waals surface area contributed by atoms with Crippen molar-refractivity contribution in [2.75, 3.05) is 13.2 Å². The highest BCUT2D eigenvalue weighted by Gasteiger charge is 2.47. The topological polar surface area (TPSA) is 99.2 Å². The molecule has 0 radical (unpaired) electrons. The van der Waals surface area contributed by atoms with Crippen LogP contribution < -0.4 is 0 Å². The maximum absolute atomic E-state index is 12.6. The van der Waals surface area contributed by atoms with Crippen molar-refractivity contribution in [3.8, 4) is 0 Å². The molecular formula is C19H27NO7S. The highest BCUT2D eigenvalue weighted by molar-refractivity contribution is 7.86. The monoisotopic (exact) mass is 413 g/mol. The largest absolute Gasteiger partial charge is 0.464 e. The van der Waals surface area contributed by atoms with Crippen LogP contribution in [0.1, 0.15) is 39.7 Å². The fourth-order valence-corrected chi connectivity index (χ4v) is 3.93.